The Kier molecular flexibility index (Phi) is 30.9. The third-order valence-electron chi connectivity index (χ3n) is 19.2. The zero-order chi connectivity index (χ0) is 74.6. The molecule has 6 N–H and O–H groups in total. The van der Waals surface area contributed by atoms with Crippen molar-refractivity contribution in [1.82, 2.24) is 16.0 Å². The number of halogens is 4. The van der Waals surface area contributed by atoms with Crippen molar-refractivity contribution in [3.63, 3.8) is 0 Å². The molecule has 0 spiro atoms. The van der Waals surface area contributed by atoms with Gasteiger partial charge >= 0.3 is 5.97 Å². The predicted molar refractivity (Wildman–Crippen MR) is 391 cm³/mol. The number of unbranched alkanes of at least 4 members (excludes halogenated alkanes) is 2. The molecule has 4 saturated heterocycles. The molecule has 12 unspecified atom stereocenters. The van der Waals surface area contributed by atoms with Gasteiger partial charge in [0.15, 0.2) is 0 Å². The van der Waals surface area contributed by atoms with E-state index in [1.165, 1.54) is 12.1 Å². The maximum atomic E-state index is 14.8. The van der Waals surface area contributed by atoms with Gasteiger partial charge in [-0.2, -0.15) is 0 Å². The number of aliphatic carboxylic acids is 1. The lowest BCUT2D eigenvalue weighted by atomic mass is 9.80. The summed E-state index contributed by atoms with van der Waals surface area (Å²) in [5, 5.41) is 18.0. The van der Waals surface area contributed by atoms with Gasteiger partial charge in [-0.1, -0.05) is 81.0 Å². The summed E-state index contributed by atoms with van der Waals surface area (Å²) in [6.07, 6.45) is -0.859. The Hall–Kier alpha value is -7.34. The van der Waals surface area contributed by atoms with Gasteiger partial charge in [0.25, 0.3) is 0 Å². The van der Waals surface area contributed by atoms with Crippen molar-refractivity contribution in [3.8, 4) is 0 Å². The molecule has 0 bridgehead atoms. The van der Waals surface area contributed by atoms with Crippen LogP contribution in [0.5, 0.6) is 0 Å². The molecule has 29 heteroatoms. The maximum absolute atomic E-state index is 14.8. The highest BCUT2D eigenvalue weighted by Gasteiger charge is 2.58. The Morgan fingerprint density at radius 1 is 0.447 bits per heavy atom. The summed E-state index contributed by atoms with van der Waals surface area (Å²) in [6.45, 7) is 7.82. The van der Waals surface area contributed by atoms with E-state index in [0.717, 1.165) is 28.5 Å². The van der Waals surface area contributed by atoms with Crippen molar-refractivity contribution >= 4 is 149 Å². The number of carbonyl (C=O) groups is 12. The van der Waals surface area contributed by atoms with Crippen molar-refractivity contribution in [2.75, 3.05) is 72.2 Å². The number of nitrogens with two attached hydrogens (primary N) is 1. The fourth-order valence-electron chi connectivity index (χ4n) is 13.8. The lowest BCUT2D eigenvalue weighted by Crippen LogP contribution is -2.40. The number of carboxylic acid groups (broad SMARTS) is 1. The summed E-state index contributed by atoms with van der Waals surface area (Å²) in [4.78, 5) is 169. The van der Waals surface area contributed by atoms with Crippen LogP contribution in [-0.4, -0.2) is 153 Å². The molecule has 4 aliphatic heterocycles. The van der Waals surface area contributed by atoms with Crippen LogP contribution >= 0.6 is 55.1 Å². The molecule has 0 aromatic heterocycles. The number of carboxylic acids is 1. The van der Waals surface area contributed by atoms with Crippen LogP contribution in [0.4, 0.5) is 22.7 Å². The van der Waals surface area contributed by atoms with Gasteiger partial charge in [0.05, 0.1) is 94.5 Å². The smallest absolute Gasteiger partial charge is 0.303 e. The third-order valence-corrected chi connectivity index (χ3v) is 20.7. The fraction of sp³-hybridized carbons (Fsp3) is 0.514. The molecule has 4 aliphatic rings. The first kappa shape index (κ1) is 81.3. The first-order valence-corrected chi connectivity index (χ1v) is 37.4. The first-order chi connectivity index (χ1) is 49.3. The maximum Gasteiger partial charge on any atom is 0.303 e. The number of hydrogen-bond acceptors (Lipinski definition) is 17. The Morgan fingerprint density at radius 2 is 0.777 bits per heavy atom. The summed E-state index contributed by atoms with van der Waals surface area (Å²) in [6, 6.07) is 26.0. The van der Waals surface area contributed by atoms with Crippen LogP contribution in [0.2, 0.25) is 10.0 Å². The van der Waals surface area contributed by atoms with Crippen LogP contribution in [0.15, 0.2) is 106 Å². The highest BCUT2D eigenvalue weighted by atomic mass is 79.9. The minimum atomic E-state index is -1.13. The van der Waals surface area contributed by atoms with Crippen LogP contribution in [0, 0.1) is 47.3 Å². The van der Waals surface area contributed by atoms with Crippen LogP contribution in [0.25, 0.3) is 0 Å². The summed E-state index contributed by atoms with van der Waals surface area (Å²) in [5.74, 6) is -14.1. The highest BCUT2D eigenvalue weighted by molar-refractivity contribution is 9.10. The normalized spacial score (nSPS) is 21.8. The number of carbonyl (C=O) groups excluding carboxylic acids is 11. The van der Waals surface area contributed by atoms with Crippen molar-refractivity contribution in [2.45, 2.75) is 142 Å². The Labute approximate surface area is 625 Å². The van der Waals surface area contributed by atoms with Crippen molar-refractivity contribution in [2.24, 2.45) is 53.1 Å². The quantitative estimate of drug-likeness (QED) is 0.0204. The summed E-state index contributed by atoms with van der Waals surface area (Å²) >= 11 is 19.5. The number of benzene rings is 4. The second kappa shape index (κ2) is 39.1. The van der Waals surface area contributed by atoms with E-state index in [-0.39, 0.29) is 132 Å². The zero-order valence-corrected chi connectivity index (χ0v) is 62.8. The lowest BCUT2D eigenvalue weighted by molar-refractivity contribution is -0.137. The van der Waals surface area contributed by atoms with Crippen molar-refractivity contribution in [1.29, 1.82) is 0 Å². The standard InChI is InChI=1S/C74H90Br2Cl2N8O17/c1-43-63(71(96)83(67(43)92)51-27-23-47(75)24-28-51)57(41-55-65(45(3)100-35-11-31-79)73(98)84(69(55)94)52-29-25-48(76)26-30-52)102-37-13-33-81-60(88)20-6-5-19-59(87)80-32-12-36-101-46(4)66-56(70(95)86(74(66)99)54-18-10-16-50(78)40-54)42-58(103-38-14-34-82-61(89)21-7-8-22-62(90)91)64-44(2)68(93)85(72(64)97)53-17-9-15-49(77)39-53/h9-10,15-18,23-30,39-40,43-46,55-58,63-66H,5-8,11-14,19-22,31-38,41-42,79H2,1-4H3,(H,80,87)(H,81,88)(H,82,89)(H,90,91). The molecule has 25 nitrogen and oxygen atoms in total. The van der Waals surface area contributed by atoms with Gasteiger partial charge in [-0.15, -0.1) is 0 Å². The third kappa shape index (κ3) is 21.2. The number of amides is 11. The van der Waals surface area contributed by atoms with Crippen LogP contribution in [-0.2, 0) is 76.5 Å². The van der Waals surface area contributed by atoms with Crippen LogP contribution in [0.3, 0.4) is 0 Å². The van der Waals surface area contributed by atoms with Crippen LogP contribution in [0.1, 0.15) is 118 Å². The largest absolute Gasteiger partial charge is 0.481 e. The Morgan fingerprint density at radius 3 is 1.15 bits per heavy atom. The van der Waals surface area contributed by atoms with Gasteiger partial charge in [0, 0.05) is 90.7 Å². The minimum absolute atomic E-state index is 0.0151. The topological polar surface area (TPSA) is 337 Å². The van der Waals surface area contributed by atoms with E-state index in [9.17, 15) is 57.5 Å². The molecular weight excluding hydrogens is 1500 g/mol. The average Bonchev–Trinajstić information content (AvgIpc) is 1.62. The number of nitrogens with zero attached hydrogens (tertiary/aromatic N) is 4. The Bertz CT molecular complexity index is 3710. The number of anilines is 4. The van der Waals surface area contributed by atoms with E-state index in [4.69, 9.17) is 53.0 Å². The molecule has 4 aromatic carbocycles. The van der Waals surface area contributed by atoms with E-state index in [0.29, 0.717) is 61.5 Å². The van der Waals surface area contributed by atoms with Crippen molar-refractivity contribution in [3.05, 3.63) is 116 Å². The molecule has 4 aromatic rings. The number of imide groups is 4. The number of nitrogens with one attached hydrogen (secondary N) is 3. The lowest BCUT2D eigenvalue weighted by Gasteiger charge is -2.29. The molecule has 8 rings (SSSR count). The second-order valence-corrected chi connectivity index (χ2v) is 29.1. The molecule has 4 fully saturated rings. The van der Waals surface area contributed by atoms with Crippen molar-refractivity contribution < 1.29 is 81.6 Å². The van der Waals surface area contributed by atoms with Crippen LogP contribution < -0.4 is 41.3 Å². The van der Waals surface area contributed by atoms with E-state index in [1.54, 1.807) is 113 Å². The second-order valence-electron chi connectivity index (χ2n) is 26.4. The molecule has 11 amide bonds. The first-order valence-electron chi connectivity index (χ1n) is 35.0. The van der Waals surface area contributed by atoms with Gasteiger partial charge in [0.2, 0.25) is 65.0 Å². The average molecular weight is 1590 g/mol. The van der Waals surface area contributed by atoms with E-state index < -0.39 is 125 Å². The van der Waals surface area contributed by atoms with Gasteiger partial charge in [0.1, 0.15) is 0 Å². The molecule has 0 saturated carbocycles. The van der Waals surface area contributed by atoms with E-state index in [1.807, 2.05) is 0 Å². The minimum Gasteiger partial charge on any atom is -0.481 e. The van der Waals surface area contributed by atoms with Gasteiger partial charge in [-0.05, 0) is 170 Å². The summed E-state index contributed by atoms with van der Waals surface area (Å²) < 4.78 is 26.9. The SMILES string of the molecule is CC(OCCCN)C1C(=O)N(c2ccc(Br)cc2)C(=O)C1CC(OCCCNC(=O)CCCCC(=O)NCCCOC(C)C1C(=O)N(c2cccc(Cl)c2)C(=O)C1CC(OCCCNC(=O)CCCCC(=O)O)C1C(=O)N(c2cccc(Cl)c2)C(=O)C1C)C1C(=O)N(c2ccc(Br)cc2)C(=O)C1C. The molecule has 0 aliphatic carbocycles. The number of ether oxygens (including phenoxy) is 4. The summed E-state index contributed by atoms with van der Waals surface area (Å²) in [7, 11) is 0. The molecule has 4 heterocycles. The Balaban J connectivity index is 0.830. The molecule has 12 atom stereocenters. The highest BCUT2D eigenvalue weighted by Crippen LogP contribution is 2.45. The van der Waals surface area contributed by atoms with E-state index in [2.05, 4.69) is 47.8 Å². The van der Waals surface area contributed by atoms with Gasteiger partial charge in [-0.3, -0.25) is 57.5 Å². The van der Waals surface area contributed by atoms with E-state index >= 15 is 0 Å². The fourth-order valence-corrected chi connectivity index (χ4v) is 14.7. The monoisotopic (exact) mass is 1590 g/mol. The number of hydrogen-bond donors (Lipinski definition) is 5. The summed E-state index contributed by atoms with van der Waals surface area (Å²) in [5.41, 5.74) is 6.95. The van der Waals surface area contributed by atoms with Gasteiger partial charge in [-0.25, -0.2) is 19.6 Å². The molecule has 103 heavy (non-hydrogen) atoms. The number of rotatable bonds is 41. The molecule has 556 valence electrons. The molecular formula is C74H90Br2Cl2N8O17. The van der Waals surface area contributed by atoms with Gasteiger partial charge < -0.3 is 45.7 Å². The zero-order valence-electron chi connectivity index (χ0n) is 58.1. The predicted octanol–water partition coefficient (Wildman–Crippen LogP) is 9.52. The molecule has 0 radical (unpaired) electrons.